The fourth-order valence-corrected chi connectivity index (χ4v) is 0.766. The summed E-state index contributed by atoms with van der Waals surface area (Å²) >= 11 is 0. The fourth-order valence-electron chi connectivity index (χ4n) is 0.766. The third-order valence-electron chi connectivity index (χ3n) is 1.33. The summed E-state index contributed by atoms with van der Waals surface area (Å²) < 4.78 is 11.9. The van der Waals surface area contributed by atoms with Crippen molar-refractivity contribution in [3.8, 4) is 0 Å². The third-order valence-corrected chi connectivity index (χ3v) is 1.33. The van der Waals surface area contributed by atoms with Crippen LogP contribution in [0.5, 0.6) is 0 Å². The molecule has 0 amide bonds. The monoisotopic (exact) mass is 154 g/mol. The summed E-state index contributed by atoms with van der Waals surface area (Å²) in [5.74, 6) is 0. The van der Waals surface area contributed by atoms with Crippen molar-refractivity contribution in [1.82, 2.24) is 0 Å². The molecule has 0 radical (unpaired) electrons. The van der Waals surface area contributed by atoms with Gasteiger partial charge in [0, 0.05) is 0 Å². The van der Waals surface area contributed by atoms with Crippen LogP contribution in [0, 0.1) is 0 Å². The van der Waals surface area contributed by atoms with E-state index in [1.807, 2.05) is 0 Å². The van der Waals surface area contributed by atoms with Gasteiger partial charge in [0.25, 0.3) is 0 Å². The lowest BCUT2D eigenvalue weighted by atomic mass is 10.1. The predicted molar refractivity (Wildman–Crippen MR) is 37.5 cm³/mol. The topological polar surface area (TPSA) is 37.3 Å². The molecule has 0 heterocycles. The lowest BCUT2D eigenvalue weighted by molar-refractivity contribution is -0.138. The van der Waals surface area contributed by atoms with E-state index in [9.17, 15) is 9.18 Å². The summed E-state index contributed by atoms with van der Waals surface area (Å²) in [4.78, 5) is 10.0. The van der Waals surface area contributed by atoms with E-state index in [4.69, 9.17) is 5.11 Å². The Morgan fingerprint density at radius 2 is 1.91 bits per heavy atom. The predicted octanol–water partition coefficient (Wildman–Crippen LogP) is 1.22. The van der Waals surface area contributed by atoms with Gasteiger partial charge >= 0.3 is 6.04 Å². The van der Waals surface area contributed by atoms with Gasteiger partial charge in [0.1, 0.15) is 0 Å². The number of halogens is 1. The molecule has 0 bridgehead atoms. The molecule has 1 N–H and O–H groups in total. The molecule has 58 valence electrons. The van der Waals surface area contributed by atoms with Crippen molar-refractivity contribution in [1.29, 1.82) is 0 Å². The molecular formula is C8H7FO2. The highest BCUT2D eigenvalue weighted by Crippen LogP contribution is 2.12. The Labute approximate surface area is 63.3 Å². The molecule has 0 aliphatic carbocycles. The number of hydrogen-bond acceptors (Lipinski definition) is 2. The van der Waals surface area contributed by atoms with Gasteiger partial charge in [-0.1, -0.05) is 30.3 Å². The van der Waals surface area contributed by atoms with Gasteiger partial charge in [-0.15, -0.1) is 0 Å². The largest absolute Gasteiger partial charge is 0.378 e. The third kappa shape index (κ3) is 1.85. The average molecular weight is 154 g/mol. The molecule has 0 saturated heterocycles. The molecule has 1 aromatic carbocycles. The summed E-state index contributed by atoms with van der Waals surface area (Å²) in [5.41, 5.74) is 0.278. The molecule has 0 saturated carbocycles. The first-order valence-electron chi connectivity index (χ1n) is 3.14. The smallest absolute Gasteiger partial charge is 0.334 e. The van der Waals surface area contributed by atoms with E-state index in [0.29, 0.717) is 0 Å². The van der Waals surface area contributed by atoms with Crippen LogP contribution in [0.4, 0.5) is 4.39 Å². The minimum atomic E-state index is -1.73. The van der Waals surface area contributed by atoms with Crippen molar-refractivity contribution < 1.29 is 14.3 Å². The maximum atomic E-state index is 11.9. The van der Waals surface area contributed by atoms with Gasteiger partial charge in [-0.05, 0) is 5.56 Å². The van der Waals surface area contributed by atoms with Crippen LogP contribution >= 0.6 is 0 Å². The van der Waals surface area contributed by atoms with Gasteiger partial charge in [0.2, 0.25) is 0 Å². The zero-order chi connectivity index (χ0) is 8.27. The van der Waals surface area contributed by atoms with Gasteiger partial charge in [-0.2, -0.15) is 4.39 Å². The van der Waals surface area contributed by atoms with Gasteiger partial charge in [-0.3, -0.25) is 4.79 Å². The Morgan fingerprint density at radius 1 is 1.36 bits per heavy atom. The van der Waals surface area contributed by atoms with E-state index >= 15 is 0 Å². The normalized spacial score (nSPS) is 12.5. The number of carbonyl (C=O) groups is 1. The number of aliphatic hydroxyl groups is 1. The number of hydrogen-bond donors (Lipinski definition) is 1. The minimum Gasteiger partial charge on any atom is -0.378 e. The van der Waals surface area contributed by atoms with E-state index in [1.165, 1.54) is 12.1 Å². The number of rotatable bonds is 2. The van der Waals surface area contributed by atoms with E-state index in [1.54, 1.807) is 18.2 Å². The first kappa shape index (κ1) is 7.88. The molecular weight excluding hydrogens is 147 g/mol. The summed E-state index contributed by atoms with van der Waals surface area (Å²) in [6.45, 7) is 0. The lowest BCUT2D eigenvalue weighted by Gasteiger charge is -2.02. The summed E-state index contributed by atoms with van der Waals surface area (Å²) in [6, 6.07) is 6.22. The zero-order valence-corrected chi connectivity index (χ0v) is 5.70. The highest BCUT2D eigenvalue weighted by Gasteiger charge is 2.14. The van der Waals surface area contributed by atoms with Crippen LogP contribution < -0.4 is 0 Å². The molecule has 0 spiro atoms. The van der Waals surface area contributed by atoms with E-state index in [0.717, 1.165) is 0 Å². The van der Waals surface area contributed by atoms with E-state index in [-0.39, 0.29) is 5.56 Å². The summed E-state index contributed by atoms with van der Waals surface area (Å²) in [7, 11) is 0. The van der Waals surface area contributed by atoms with Crippen LogP contribution in [0.25, 0.3) is 0 Å². The molecule has 1 rings (SSSR count). The quantitative estimate of drug-likeness (QED) is 0.650. The maximum absolute atomic E-state index is 11.9. The van der Waals surface area contributed by atoms with Crippen LogP contribution in [-0.2, 0) is 4.79 Å². The molecule has 11 heavy (non-hydrogen) atoms. The summed E-state index contributed by atoms with van der Waals surface area (Å²) in [6.07, 6.45) is -1.63. The Kier molecular flexibility index (Phi) is 2.33. The lowest BCUT2D eigenvalue weighted by Crippen LogP contribution is -2.05. The molecule has 0 aliphatic heterocycles. The zero-order valence-electron chi connectivity index (χ0n) is 5.70. The average Bonchev–Trinajstić information content (AvgIpc) is 2.05. The number of aliphatic hydroxyl groups excluding tert-OH is 1. The maximum Gasteiger partial charge on any atom is 0.334 e. The van der Waals surface area contributed by atoms with Crippen molar-refractivity contribution in [3.05, 3.63) is 35.9 Å². The number of benzene rings is 1. The second kappa shape index (κ2) is 3.25. The molecule has 0 aliphatic rings. The standard InChI is InChI=1S/C8H7FO2/c9-8(11)7(10)6-4-2-1-3-5-6/h1-5,7,10H. The highest BCUT2D eigenvalue weighted by molar-refractivity contribution is 5.74. The first-order valence-corrected chi connectivity index (χ1v) is 3.14. The van der Waals surface area contributed by atoms with Crippen LogP contribution in [0.15, 0.2) is 30.3 Å². The second-order valence-corrected chi connectivity index (χ2v) is 2.12. The molecule has 2 nitrogen and oxygen atoms in total. The number of carbonyl (C=O) groups excluding carboxylic acids is 1. The van der Waals surface area contributed by atoms with Gasteiger partial charge < -0.3 is 5.11 Å². The SMILES string of the molecule is O=C(F)C(O)c1ccccc1. The van der Waals surface area contributed by atoms with Gasteiger partial charge in [-0.25, -0.2) is 0 Å². The van der Waals surface area contributed by atoms with Gasteiger partial charge in [0.05, 0.1) is 0 Å². The van der Waals surface area contributed by atoms with Crippen molar-refractivity contribution in [2.75, 3.05) is 0 Å². The van der Waals surface area contributed by atoms with Crippen LogP contribution in [-0.4, -0.2) is 11.1 Å². The molecule has 0 fully saturated rings. The van der Waals surface area contributed by atoms with Crippen molar-refractivity contribution in [3.63, 3.8) is 0 Å². The van der Waals surface area contributed by atoms with Crippen molar-refractivity contribution >= 4 is 6.04 Å². The van der Waals surface area contributed by atoms with E-state index in [2.05, 4.69) is 0 Å². The summed E-state index contributed by atoms with van der Waals surface area (Å²) in [5, 5.41) is 8.87. The molecule has 1 aromatic rings. The highest BCUT2D eigenvalue weighted by atomic mass is 19.1. The Balaban J connectivity index is 2.85. The van der Waals surface area contributed by atoms with Crippen LogP contribution in [0.2, 0.25) is 0 Å². The van der Waals surface area contributed by atoms with Crippen LogP contribution in [0.3, 0.4) is 0 Å². The molecule has 1 unspecified atom stereocenters. The van der Waals surface area contributed by atoms with Crippen molar-refractivity contribution in [2.45, 2.75) is 6.10 Å². The van der Waals surface area contributed by atoms with Crippen molar-refractivity contribution in [2.24, 2.45) is 0 Å². The van der Waals surface area contributed by atoms with Crippen LogP contribution in [0.1, 0.15) is 11.7 Å². The Bertz CT molecular complexity index is 246. The molecule has 0 aromatic heterocycles. The first-order chi connectivity index (χ1) is 5.22. The Morgan fingerprint density at radius 3 is 2.36 bits per heavy atom. The molecule has 3 heteroatoms. The van der Waals surface area contributed by atoms with Gasteiger partial charge in [0.15, 0.2) is 6.10 Å². The second-order valence-electron chi connectivity index (χ2n) is 2.12. The minimum absolute atomic E-state index is 0.278. The molecule has 1 atom stereocenters. The fraction of sp³-hybridized carbons (Fsp3) is 0.125. The van der Waals surface area contributed by atoms with E-state index < -0.39 is 12.1 Å². The Hall–Kier alpha value is -1.22.